The molecule has 5 nitrogen and oxygen atoms in total. The Hall–Kier alpha value is -1.10. The van der Waals surface area contributed by atoms with Crippen LogP contribution in [0.15, 0.2) is 0 Å². The fraction of sp³-hybridized carbons (Fsp3) is 0.800. The molecule has 0 aromatic carbocycles. The second kappa shape index (κ2) is 5.11. The zero-order valence-electron chi connectivity index (χ0n) is 8.98. The molecule has 0 aliphatic heterocycles. The Morgan fingerprint density at radius 3 is 2.67 bits per heavy atom. The first kappa shape index (κ1) is 12.0. The number of carboxylic acids is 1. The molecule has 5 heteroatoms. The van der Waals surface area contributed by atoms with Crippen LogP contribution in [0.1, 0.15) is 19.3 Å². The molecule has 1 amide bonds. The maximum Gasteiger partial charge on any atom is 0.323 e. The zero-order chi connectivity index (χ0) is 11.4. The van der Waals surface area contributed by atoms with Gasteiger partial charge in [-0.1, -0.05) is 6.42 Å². The molecule has 1 saturated carbocycles. The Morgan fingerprint density at radius 1 is 1.47 bits per heavy atom. The van der Waals surface area contributed by atoms with Crippen molar-refractivity contribution in [3.8, 4) is 0 Å². The molecule has 3 N–H and O–H groups in total. The van der Waals surface area contributed by atoms with E-state index in [1.54, 1.807) is 0 Å². The minimum absolute atomic E-state index is 0.0700. The number of amides is 1. The van der Waals surface area contributed by atoms with Crippen LogP contribution in [0.2, 0.25) is 0 Å². The van der Waals surface area contributed by atoms with Crippen LogP contribution in [0.5, 0.6) is 0 Å². The van der Waals surface area contributed by atoms with E-state index in [4.69, 9.17) is 10.8 Å². The summed E-state index contributed by atoms with van der Waals surface area (Å²) in [4.78, 5) is 23.6. The van der Waals surface area contributed by atoms with Crippen molar-refractivity contribution in [1.29, 1.82) is 0 Å². The summed E-state index contributed by atoms with van der Waals surface area (Å²) in [5, 5.41) is 8.58. The van der Waals surface area contributed by atoms with Crippen LogP contribution in [0, 0.1) is 11.8 Å². The number of carboxylic acid groups (broad SMARTS) is 1. The van der Waals surface area contributed by atoms with Gasteiger partial charge in [0.05, 0.1) is 0 Å². The summed E-state index contributed by atoms with van der Waals surface area (Å²) in [5.41, 5.74) is 5.58. The number of nitrogens with zero attached hydrogens (tertiary/aromatic N) is 1. The van der Waals surface area contributed by atoms with Crippen molar-refractivity contribution in [2.75, 3.05) is 20.1 Å². The normalized spacial score (nSPS) is 25.2. The molecular formula is C10H18N2O3. The lowest BCUT2D eigenvalue weighted by molar-refractivity contribution is -0.145. The molecule has 0 aromatic rings. The topological polar surface area (TPSA) is 83.6 Å². The van der Waals surface area contributed by atoms with Crippen LogP contribution in [0.3, 0.4) is 0 Å². The smallest absolute Gasteiger partial charge is 0.323 e. The third kappa shape index (κ3) is 2.92. The van der Waals surface area contributed by atoms with Crippen molar-refractivity contribution < 1.29 is 14.7 Å². The number of likely N-dealkylation sites (N-methyl/N-ethyl adjacent to an activating group) is 1. The van der Waals surface area contributed by atoms with E-state index in [1.807, 2.05) is 0 Å². The van der Waals surface area contributed by atoms with E-state index < -0.39 is 5.97 Å². The van der Waals surface area contributed by atoms with Crippen molar-refractivity contribution in [1.82, 2.24) is 4.90 Å². The van der Waals surface area contributed by atoms with Gasteiger partial charge in [0.1, 0.15) is 6.54 Å². The van der Waals surface area contributed by atoms with Crippen molar-refractivity contribution in [3.05, 3.63) is 0 Å². The van der Waals surface area contributed by atoms with Gasteiger partial charge >= 0.3 is 5.97 Å². The fourth-order valence-electron chi connectivity index (χ4n) is 2.21. The summed E-state index contributed by atoms with van der Waals surface area (Å²) in [6.45, 7) is 0.282. The van der Waals surface area contributed by atoms with Crippen LogP contribution in [0.4, 0.5) is 0 Å². The van der Waals surface area contributed by atoms with Gasteiger partial charge in [0, 0.05) is 13.0 Å². The van der Waals surface area contributed by atoms with Crippen LogP contribution < -0.4 is 5.73 Å². The quantitative estimate of drug-likeness (QED) is 0.684. The fourth-order valence-corrected chi connectivity index (χ4v) is 2.21. The Bertz CT molecular complexity index is 255. The van der Waals surface area contributed by atoms with Gasteiger partial charge in [-0.25, -0.2) is 0 Å². The molecule has 0 spiro atoms. The van der Waals surface area contributed by atoms with Crippen molar-refractivity contribution in [3.63, 3.8) is 0 Å². The molecule has 2 atom stereocenters. The monoisotopic (exact) mass is 214 g/mol. The minimum Gasteiger partial charge on any atom is -0.480 e. The summed E-state index contributed by atoms with van der Waals surface area (Å²) in [6.07, 6.45) is 2.83. The molecule has 0 radical (unpaired) electrons. The van der Waals surface area contributed by atoms with Gasteiger partial charge < -0.3 is 15.7 Å². The summed E-state index contributed by atoms with van der Waals surface area (Å²) < 4.78 is 0. The molecule has 0 heterocycles. The SMILES string of the molecule is CN(CC(=O)O)C(=O)C1CCCC1CN. The largest absolute Gasteiger partial charge is 0.480 e. The van der Waals surface area contributed by atoms with Gasteiger partial charge in [-0.15, -0.1) is 0 Å². The van der Waals surface area contributed by atoms with Crippen LogP contribution >= 0.6 is 0 Å². The maximum atomic E-state index is 11.9. The molecule has 1 rings (SSSR count). The van der Waals surface area contributed by atoms with E-state index in [2.05, 4.69) is 0 Å². The number of nitrogens with two attached hydrogens (primary N) is 1. The van der Waals surface area contributed by atoms with Gasteiger partial charge in [0.15, 0.2) is 0 Å². The number of carbonyl (C=O) groups excluding carboxylic acids is 1. The van der Waals surface area contributed by atoms with Gasteiger partial charge in [0.25, 0.3) is 0 Å². The molecular weight excluding hydrogens is 196 g/mol. The first-order chi connectivity index (χ1) is 7.06. The zero-order valence-corrected chi connectivity index (χ0v) is 8.98. The number of hydrogen-bond acceptors (Lipinski definition) is 3. The van der Waals surface area contributed by atoms with Gasteiger partial charge in [-0.05, 0) is 25.3 Å². The standard InChI is InChI=1S/C10H18N2O3/c1-12(6-9(13)14)10(15)8-4-2-3-7(8)5-11/h7-8H,2-6,11H2,1H3,(H,13,14). The van der Waals surface area contributed by atoms with Crippen molar-refractivity contribution in [2.45, 2.75) is 19.3 Å². The van der Waals surface area contributed by atoms with Gasteiger partial charge in [0.2, 0.25) is 5.91 Å². The van der Waals surface area contributed by atoms with Crippen molar-refractivity contribution in [2.24, 2.45) is 17.6 Å². The summed E-state index contributed by atoms with van der Waals surface area (Å²) in [5.74, 6) is -0.897. The summed E-state index contributed by atoms with van der Waals surface area (Å²) in [6, 6.07) is 0. The molecule has 1 aliphatic carbocycles. The highest BCUT2D eigenvalue weighted by Gasteiger charge is 2.33. The first-order valence-corrected chi connectivity index (χ1v) is 5.23. The Morgan fingerprint density at radius 2 is 2.13 bits per heavy atom. The molecule has 2 unspecified atom stereocenters. The summed E-state index contributed by atoms with van der Waals surface area (Å²) in [7, 11) is 1.53. The highest BCUT2D eigenvalue weighted by Crippen LogP contribution is 2.32. The van der Waals surface area contributed by atoms with E-state index >= 15 is 0 Å². The third-order valence-corrected chi connectivity index (χ3v) is 3.03. The second-order valence-corrected chi connectivity index (χ2v) is 4.12. The number of hydrogen-bond donors (Lipinski definition) is 2. The lowest BCUT2D eigenvalue weighted by atomic mass is 9.95. The number of carbonyl (C=O) groups is 2. The van der Waals surface area contributed by atoms with Crippen LogP contribution in [0.25, 0.3) is 0 Å². The Labute approximate surface area is 89.2 Å². The molecule has 0 saturated heterocycles. The van der Waals surface area contributed by atoms with Crippen LogP contribution in [-0.4, -0.2) is 42.0 Å². The molecule has 1 aliphatic rings. The molecule has 0 aromatic heterocycles. The van der Waals surface area contributed by atoms with E-state index in [-0.39, 0.29) is 24.3 Å². The lowest BCUT2D eigenvalue weighted by Gasteiger charge is -2.23. The Balaban J connectivity index is 2.55. The maximum absolute atomic E-state index is 11.9. The van der Waals surface area contributed by atoms with E-state index in [0.29, 0.717) is 6.54 Å². The number of rotatable bonds is 4. The van der Waals surface area contributed by atoms with Crippen LogP contribution in [-0.2, 0) is 9.59 Å². The molecule has 0 bridgehead atoms. The number of aliphatic carboxylic acids is 1. The van der Waals surface area contributed by atoms with Gasteiger partial charge in [-0.3, -0.25) is 9.59 Å². The molecule has 1 fully saturated rings. The second-order valence-electron chi connectivity index (χ2n) is 4.12. The lowest BCUT2D eigenvalue weighted by Crippen LogP contribution is -2.39. The predicted octanol–water partition coefficient (Wildman–Crippen LogP) is -0.0956. The third-order valence-electron chi connectivity index (χ3n) is 3.03. The average Bonchev–Trinajstić information content (AvgIpc) is 2.62. The molecule has 86 valence electrons. The highest BCUT2D eigenvalue weighted by atomic mass is 16.4. The Kier molecular flexibility index (Phi) is 4.08. The average molecular weight is 214 g/mol. The minimum atomic E-state index is -0.979. The van der Waals surface area contributed by atoms with E-state index in [1.165, 1.54) is 11.9 Å². The summed E-state index contributed by atoms with van der Waals surface area (Å²) >= 11 is 0. The predicted molar refractivity (Wildman–Crippen MR) is 55.2 cm³/mol. The van der Waals surface area contributed by atoms with Crippen molar-refractivity contribution >= 4 is 11.9 Å². The molecule has 15 heavy (non-hydrogen) atoms. The van der Waals surface area contributed by atoms with Gasteiger partial charge in [-0.2, -0.15) is 0 Å². The van der Waals surface area contributed by atoms with E-state index in [9.17, 15) is 9.59 Å². The van der Waals surface area contributed by atoms with E-state index in [0.717, 1.165) is 19.3 Å². The first-order valence-electron chi connectivity index (χ1n) is 5.23. The highest BCUT2D eigenvalue weighted by molar-refractivity contribution is 5.83.